The number of thiophene rings is 1. The smallest absolute Gasteiger partial charge is 0.358 e. The Labute approximate surface area is 185 Å². The van der Waals surface area contributed by atoms with E-state index in [1.807, 2.05) is 0 Å². The topological polar surface area (TPSA) is 120 Å². The zero-order valence-corrected chi connectivity index (χ0v) is 18.1. The summed E-state index contributed by atoms with van der Waals surface area (Å²) < 4.78 is 15.5. The summed E-state index contributed by atoms with van der Waals surface area (Å²) in [6.07, 6.45) is 3.15. The van der Waals surface area contributed by atoms with Gasteiger partial charge in [0.25, 0.3) is 5.91 Å². The van der Waals surface area contributed by atoms with Crippen molar-refractivity contribution in [2.24, 2.45) is 0 Å². The van der Waals surface area contributed by atoms with Crippen molar-refractivity contribution in [1.82, 2.24) is 4.98 Å². The van der Waals surface area contributed by atoms with Crippen molar-refractivity contribution in [3.05, 3.63) is 53.1 Å². The minimum Gasteiger partial charge on any atom is -0.464 e. The third-order valence-electron chi connectivity index (χ3n) is 3.76. The molecule has 0 bridgehead atoms. The van der Waals surface area contributed by atoms with Gasteiger partial charge >= 0.3 is 11.9 Å². The van der Waals surface area contributed by atoms with Crippen molar-refractivity contribution in [2.75, 3.05) is 30.4 Å². The minimum atomic E-state index is -0.730. The Kier molecular flexibility index (Phi) is 7.57. The second-order valence-corrected chi connectivity index (χ2v) is 7.62. The zero-order valence-electron chi connectivity index (χ0n) is 16.5. The summed E-state index contributed by atoms with van der Waals surface area (Å²) >= 11 is 2.37. The van der Waals surface area contributed by atoms with Crippen LogP contribution in [0, 0.1) is 0 Å². The van der Waals surface area contributed by atoms with Gasteiger partial charge in [0.1, 0.15) is 16.3 Å². The third kappa shape index (κ3) is 5.58. The lowest BCUT2D eigenvalue weighted by molar-refractivity contribution is -0.119. The van der Waals surface area contributed by atoms with E-state index in [0.29, 0.717) is 23.0 Å². The van der Waals surface area contributed by atoms with Gasteiger partial charge in [-0.2, -0.15) is 0 Å². The quantitative estimate of drug-likeness (QED) is 0.343. The molecule has 2 N–H and O–H groups in total. The molecule has 0 aliphatic carbocycles. The fourth-order valence-corrected chi connectivity index (χ4v) is 4.09. The molecular weight excluding hydrogens is 442 g/mol. The molecule has 0 saturated carbocycles. The maximum atomic E-state index is 12.4. The molecule has 0 fully saturated rings. The maximum absolute atomic E-state index is 12.4. The second-order valence-electron chi connectivity index (χ2n) is 5.88. The van der Waals surface area contributed by atoms with E-state index >= 15 is 0 Å². The Morgan fingerprint density at radius 3 is 2.77 bits per heavy atom. The molecule has 0 aromatic carbocycles. The van der Waals surface area contributed by atoms with Crippen molar-refractivity contribution < 1.29 is 28.3 Å². The number of carbonyl (C=O) groups is 3. The molecule has 0 radical (unpaired) electrons. The highest BCUT2D eigenvalue weighted by Crippen LogP contribution is 2.36. The molecule has 0 aliphatic heterocycles. The van der Waals surface area contributed by atoms with Crippen molar-refractivity contribution in [2.45, 2.75) is 6.92 Å². The number of hydrogen-bond acceptors (Lipinski definition) is 10. The van der Waals surface area contributed by atoms with Crippen LogP contribution in [0.3, 0.4) is 0 Å². The number of thiazole rings is 1. The van der Waals surface area contributed by atoms with Gasteiger partial charge in [-0.1, -0.05) is 6.08 Å². The van der Waals surface area contributed by atoms with Gasteiger partial charge in [-0.05, 0) is 19.1 Å². The molecule has 0 unspecified atom stereocenters. The minimum absolute atomic E-state index is 0.0906. The van der Waals surface area contributed by atoms with Gasteiger partial charge in [-0.25, -0.2) is 14.6 Å². The van der Waals surface area contributed by atoms with Crippen molar-refractivity contribution in [3.8, 4) is 11.3 Å². The largest absolute Gasteiger partial charge is 0.464 e. The van der Waals surface area contributed by atoms with Crippen molar-refractivity contribution in [3.63, 3.8) is 0 Å². The Morgan fingerprint density at radius 2 is 2.06 bits per heavy atom. The highest BCUT2D eigenvalue weighted by atomic mass is 32.1. The molecule has 0 saturated heterocycles. The summed E-state index contributed by atoms with van der Waals surface area (Å²) in [5.74, 6) is -1.46. The molecule has 3 aromatic rings. The van der Waals surface area contributed by atoms with Crippen LogP contribution in [0.25, 0.3) is 11.3 Å². The SMILES string of the molecule is C=CCNc1nc(C(=O)OCC(=O)Nc2scc(-c3ccco3)c2C(=O)OCC)cs1. The summed E-state index contributed by atoms with van der Waals surface area (Å²) in [4.78, 5) is 41.0. The van der Waals surface area contributed by atoms with Gasteiger partial charge in [0.05, 0.1) is 12.9 Å². The number of nitrogens with one attached hydrogen (secondary N) is 2. The molecule has 162 valence electrons. The predicted octanol–water partition coefficient (Wildman–Crippen LogP) is 4.03. The van der Waals surface area contributed by atoms with Gasteiger partial charge in [0.15, 0.2) is 17.4 Å². The van der Waals surface area contributed by atoms with Crippen LogP contribution in [-0.2, 0) is 14.3 Å². The average molecular weight is 462 g/mol. The van der Waals surface area contributed by atoms with Crippen LogP contribution < -0.4 is 10.6 Å². The van der Waals surface area contributed by atoms with E-state index in [4.69, 9.17) is 13.9 Å². The first kappa shape index (κ1) is 22.2. The maximum Gasteiger partial charge on any atom is 0.358 e. The summed E-state index contributed by atoms with van der Waals surface area (Å²) in [6.45, 7) is 5.42. The Balaban J connectivity index is 1.65. The number of anilines is 2. The van der Waals surface area contributed by atoms with Gasteiger partial charge < -0.3 is 24.5 Å². The molecule has 11 heteroatoms. The molecule has 3 rings (SSSR count). The Hall–Kier alpha value is -3.44. The monoisotopic (exact) mass is 461 g/mol. The van der Waals surface area contributed by atoms with E-state index in [2.05, 4.69) is 22.2 Å². The molecule has 1 amide bonds. The molecule has 3 heterocycles. The van der Waals surface area contributed by atoms with Crippen LogP contribution in [0.1, 0.15) is 27.8 Å². The molecular formula is C20H19N3O6S2. The first-order valence-electron chi connectivity index (χ1n) is 9.13. The number of furan rings is 1. The predicted molar refractivity (Wildman–Crippen MR) is 118 cm³/mol. The zero-order chi connectivity index (χ0) is 22.2. The number of amides is 1. The number of rotatable bonds is 10. The third-order valence-corrected chi connectivity index (χ3v) is 5.45. The van der Waals surface area contributed by atoms with Gasteiger partial charge in [-0.15, -0.1) is 29.3 Å². The molecule has 31 heavy (non-hydrogen) atoms. The Bertz CT molecular complexity index is 1070. The number of esters is 2. The van der Waals surface area contributed by atoms with Crippen LogP contribution >= 0.6 is 22.7 Å². The van der Waals surface area contributed by atoms with E-state index in [9.17, 15) is 14.4 Å². The summed E-state index contributed by atoms with van der Waals surface area (Å²) in [5, 5.41) is 9.57. The molecule has 0 spiro atoms. The molecule has 9 nitrogen and oxygen atoms in total. The lowest BCUT2D eigenvalue weighted by atomic mass is 10.1. The highest BCUT2D eigenvalue weighted by molar-refractivity contribution is 7.15. The normalized spacial score (nSPS) is 10.4. The average Bonchev–Trinajstić information content (AvgIpc) is 3.51. The fraction of sp³-hybridized carbons (Fsp3) is 0.200. The first-order chi connectivity index (χ1) is 15.0. The van der Waals surface area contributed by atoms with Crippen LogP contribution in [0.2, 0.25) is 0 Å². The van der Waals surface area contributed by atoms with Crippen LogP contribution in [-0.4, -0.2) is 42.6 Å². The number of nitrogens with zero attached hydrogens (tertiary/aromatic N) is 1. The molecule has 0 aliphatic rings. The van der Waals surface area contributed by atoms with E-state index in [1.165, 1.54) is 23.0 Å². The number of hydrogen-bond donors (Lipinski definition) is 2. The van der Waals surface area contributed by atoms with Gasteiger partial charge in [-0.3, -0.25) is 4.79 Å². The summed E-state index contributed by atoms with van der Waals surface area (Å²) in [6, 6.07) is 3.39. The second kappa shape index (κ2) is 10.5. The van der Waals surface area contributed by atoms with E-state index < -0.39 is 24.5 Å². The van der Waals surface area contributed by atoms with Gasteiger partial charge in [0, 0.05) is 22.9 Å². The number of ether oxygens (including phenoxy) is 2. The van der Waals surface area contributed by atoms with Gasteiger partial charge in [0.2, 0.25) is 0 Å². The van der Waals surface area contributed by atoms with Crippen LogP contribution in [0.15, 0.2) is 46.2 Å². The number of carbonyl (C=O) groups excluding carboxylic acids is 3. The summed E-state index contributed by atoms with van der Waals surface area (Å²) in [7, 11) is 0. The molecule has 3 aromatic heterocycles. The van der Waals surface area contributed by atoms with E-state index in [0.717, 1.165) is 11.3 Å². The van der Waals surface area contributed by atoms with Crippen LogP contribution in [0.4, 0.5) is 10.1 Å². The van der Waals surface area contributed by atoms with E-state index in [-0.39, 0.29) is 22.9 Å². The fourth-order valence-electron chi connectivity index (χ4n) is 2.44. The standard InChI is InChI=1S/C20H19N3O6S2/c1-3-7-21-20-22-13(11-31-20)18(25)29-9-15(24)23-17-16(19(26)27-4-2)12(10-30-17)14-6-5-8-28-14/h3,5-6,8,10-11H,1,4,7,9H2,2H3,(H,21,22)(H,23,24). The van der Waals surface area contributed by atoms with Crippen molar-refractivity contribution in [1.29, 1.82) is 0 Å². The van der Waals surface area contributed by atoms with Crippen LogP contribution in [0.5, 0.6) is 0 Å². The Morgan fingerprint density at radius 1 is 1.23 bits per heavy atom. The lowest BCUT2D eigenvalue weighted by Crippen LogP contribution is -2.22. The van der Waals surface area contributed by atoms with Crippen molar-refractivity contribution >= 4 is 50.7 Å². The number of aromatic nitrogens is 1. The lowest BCUT2D eigenvalue weighted by Gasteiger charge is -2.08. The highest BCUT2D eigenvalue weighted by Gasteiger charge is 2.24. The first-order valence-corrected chi connectivity index (χ1v) is 10.9. The van der Waals surface area contributed by atoms with E-state index in [1.54, 1.807) is 30.5 Å². The summed E-state index contributed by atoms with van der Waals surface area (Å²) in [5.41, 5.74) is 0.773. The molecule has 0 atom stereocenters.